The van der Waals surface area contributed by atoms with Crippen LogP contribution in [0.5, 0.6) is 5.75 Å². The molecule has 1 heterocycles. The molecule has 0 bridgehead atoms. The number of likely N-dealkylation sites (tertiary alicyclic amines) is 1. The first-order chi connectivity index (χ1) is 8.84. The van der Waals surface area contributed by atoms with Crippen molar-refractivity contribution in [3.8, 4) is 5.75 Å². The fourth-order valence-electron chi connectivity index (χ4n) is 2.82. The number of fused-ring (bicyclic) bond motifs is 1. The maximum absolute atomic E-state index is 12.1. The van der Waals surface area contributed by atoms with Crippen LogP contribution in [-0.4, -0.2) is 18.0 Å². The standard InChI is InChI=1S/C16H19NO.ClH.Cu/c18-16-9-8-13-6-2-3-7-14(13)15(16)12-17-10-4-1-5-11-17;;/h2-3,6-9,18H,1,4-5,10-12H2;1H;/q;;+2/p-2. The molecule has 1 fully saturated rings. The van der Waals surface area contributed by atoms with Crippen molar-refractivity contribution in [1.29, 1.82) is 0 Å². The first-order valence-electron chi connectivity index (χ1n) is 6.74. The summed E-state index contributed by atoms with van der Waals surface area (Å²) in [6.07, 6.45) is 3.86. The first-order valence-corrected chi connectivity index (χ1v) is 6.74. The van der Waals surface area contributed by atoms with Crippen molar-refractivity contribution < 1.29 is 34.6 Å². The van der Waals surface area contributed by atoms with Crippen LogP contribution in [0.15, 0.2) is 36.4 Å². The molecular weight excluding hydrogens is 321 g/mol. The molecule has 4 heteroatoms. The minimum atomic E-state index is 0. The third-order valence-electron chi connectivity index (χ3n) is 3.83. The largest absolute Gasteiger partial charge is 2.00 e. The van der Waals surface area contributed by atoms with E-state index in [9.17, 15) is 5.11 Å². The van der Waals surface area contributed by atoms with E-state index in [1.807, 2.05) is 18.2 Å². The van der Waals surface area contributed by atoms with Gasteiger partial charge in [0.25, 0.3) is 0 Å². The second kappa shape index (κ2) is 7.90. The van der Waals surface area contributed by atoms with Gasteiger partial charge in [-0.05, 0) is 42.3 Å². The summed E-state index contributed by atoms with van der Waals surface area (Å²) in [7, 11) is 0. The van der Waals surface area contributed by atoms with Crippen LogP contribution in [0.2, 0.25) is 0 Å². The van der Waals surface area contributed by atoms with Gasteiger partial charge in [0.2, 0.25) is 0 Å². The van der Waals surface area contributed by atoms with Gasteiger partial charge in [-0.15, -0.1) is 5.75 Å². The van der Waals surface area contributed by atoms with Crippen molar-refractivity contribution in [1.82, 2.24) is 4.90 Å². The fraction of sp³-hybridized carbons (Fsp3) is 0.375. The topological polar surface area (TPSA) is 26.3 Å². The Morgan fingerprint density at radius 3 is 2.40 bits per heavy atom. The zero-order valence-electron chi connectivity index (χ0n) is 11.2. The van der Waals surface area contributed by atoms with Crippen molar-refractivity contribution in [2.45, 2.75) is 25.8 Å². The fourth-order valence-corrected chi connectivity index (χ4v) is 2.82. The molecule has 0 saturated carbocycles. The van der Waals surface area contributed by atoms with Gasteiger partial charge in [-0.2, -0.15) is 0 Å². The van der Waals surface area contributed by atoms with Gasteiger partial charge < -0.3 is 17.5 Å². The SMILES string of the molecule is [Cl-].[Cu+2].[O-]c1ccc2ccccc2c1CN1CCCCC1. The summed E-state index contributed by atoms with van der Waals surface area (Å²) in [5, 5.41) is 14.4. The maximum atomic E-state index is 12.1. The molecule has 2 aromatic carbocycles. The molecule has 20 heavy (non-hydrogen) atoms. The average molecular weight is 339 g/mol. The van der Waals surface area contributed by atoms with Gasteiger partial charge in [-0.25, -0.2) is 0 Å². The van der Waals surface area contributed by atoms with Crippen molar-refractivity contribution in [2.24, 2.45) is 0 Å². The molecule has 3 rings (SSSR count). The molecule has 0 aromatic heterocycles. The van der Waals surface area contributed by atoms with Crippen LogP contribution in [0, 0.1) is 0 Å². The quantitative estimate of drug-likeness (QED) is 0.715. The van der Waals surface area contributed by atoms with Crippen molar-refractivity contribution in [2.75, 3.05) is 13.1 Å². The van der Waals surface area contributed by atoms with E-state index in [2.05, 4.69) is 17.0 Å². The number of benzene rings is 2. The third-order valence-corrected chi connectivity index (χ3v) is 3.83. The molecule has 1 saturated heterocycles. The Morgan fingerprint density at radius 2 is 1.65 bits per heavy atom. The number of hydrogen-bond donors (Lipinski definition) is 0. The Kier molecular flexibility index (Phi) is 6.84. The van der Waals surface area contributed by atoms with E-state index >= 15 is 0 Å². The van der Waals surface area contributed by atoms with Crippen molar-refractivity contribution >= 4 is 10.8 Å². The van der Waals surface area contributed by atoms with Crippen LogP contribution < -0.4 is 17.5 Å². The molecule has 0 aliphatic carbocycles. The molecule has 0 spiro atoms. The molecule has 1 radical (unpaired) electrons. The third kappa shape index (κ3) is 3.67. The summed E-state index contributed by atoms with van der Waals surface area (Å²) < 4.78 is 0. The van der Waals surface area contributed by atoms with Gasteiger partial charge in [-0.3, -0.25) is 4.90 Å². The molecule has 0 atom stereocenters. The van der Waals surface area contributed by atoms with Crippen LogP contribution >= 0.6 is 0 Å². The normalized spacial score (nSPS) is 15.4. The zero-order chi connectivity index (χ0) is 12.4. The van der Waals surface area contributed by atoms with Gasteiger partial charge >= 0.3 is 17.1 Å². The Balaban J connectivity index is 0.000001000. The Morgan fingerprint density at radius 1 is 0.950 bits per heavy atom. The van der Waals surface area contributed by atoms with E-state index in [1.165, 1.54) is 24.6 Å². The number of rotatable bonds is 2. The van der Waals surface area contributed by atoms with E-state index in [0.29, 0.717) is 0 Å². The predicted molar refractivity (Wildman–Crippen MR) is 72.5 cm³/mol. The van der Waals surface area contributed by atoms with E-state index in [0.717, 1.165) is 30.6 Å². The van der Waals surface area contributed by atoms with Crippen LogP contribution in [0.4, 0.5) is 0 Å². The van der Waals surface area contributed by atoms with E-state index in [1.54, 1.807) is 6.07 Å². The summed E-state index contributed by atoms with van der Waals surface area (Å²) >= 11 is 0. The Labute approximate surface area is 137 Å². The van der Waals surface area contributed by atoms with E-state index < -0.39 is 0 Å². The smallest absolute Gasteiger partial charge is 1.00 e. The minimum Gasteiger partial charge on any atom is -1.00 e. The summed E-state index contributed by atoms with van der Waals surface area (Å²) in [5.41, 5.74) is 0.968. The van der Waals surface area contributed by atoms with Gasteiger partial charge in [0.05, 0.1) is 0 Å². The molecule has 2 aromatic rings. The van der Waals surface area contributed by atoms with E-state index in [-0.39, 0.29) is 35.2 Å². The second-order valence-electron chi connectivity index (χ2n) is 5.10. The number of piperidine rings is 1. The summed E-state index contributed by atoms with van der Waals surface area (Å²) in [4.78, 5) is 2.41. The Hall–Kier alpha value is -0.731. The zero-order valence-corrected chi connectivity index (χ0v) is 12.9. The van der Waals surface area contributed by atoms with Crippen molar-refractivity contribution in [3.63, 3.8) is 0 Å². The molecule has 1 aliphatic heterocycles. The van der Waals surface area contributed by atoms with Crippen LogP contribution in [0.1, 0.15) is 24.8 Å². The number of hydrogen-bond acceptors (Lipinski definition) is 2. The molecule has 2 nitrogen and oxygen atoms in total. The average Bonchev–Trinajstić information content (AvgIpc) is 2.43. The molecule has 0 N–H and O–H groups in total. The number of halogens is 1. The van der Waals surface area contributed by atoms with Gasteiger partial charge in [0, 0.05) is 6.54 Å². The monoisotopic (exact) mass is 338 g/mol. The van der Waals surface area contributed by atoms with Crippen molar-refractivity contribution in [3.05, 3.63) is 42.0 Å². The van der Waals surface area contributed by atoms with Gasteiger partial charge in [0.15, 0.2) is 0 Å². The molecular formula is C16H18ClCuNO. The molecule has 111 valence electrons. The molecule has 1 aliphatic rings. The van der Waals surface area contributed by atoms with Crippen LogP contribution in [0.25, 0.3) is 10.8 Å². The van der Waals surface area contributed by atoms with E-state index in [4.69, 9.17) is 0 Å². The summed E-state index contributed by atoms with van der Waals surface area (Å²) in [6, 6.07) is 11.8. The molecule has 0 amide bonds. The van der Waals surface area contributed by atoms with Gasteiger partial charge in [0.1, 0.15) is 0 Å². The first kappa shape index (κ1) is 17.3. The minimum absolute atomic E-state index is 0. The Bertz CT molecular complexity index is 555. The van der Waals surface area contributed by atoms with Crippen LogP contribution in [-0.2, 0) is 23.6 Å². The predicted octanol–water partition coefficient (Wildman–Crippen LogP) is -0.0992. The maximum Gasteiger partial charge on any atom is 2.00 e. The molecule has 0 unspecified atom stereocenters. The van der Waals surface area contributed by atoms with Crippen LogP contribution in [0.3, 0.4) is 0 Å². The number of nitrogens with zero attached hydrogens (tertiary/aromatic N) is 1. The second-order valence-corrected chi connectivity index (χ2v) is 5.10. The summed E-state index contributed by atoms with van der Waals surface area (Å²) in [6.45, 7) is 3.06. The van der Waals surface area contributed by atoms with Gasteiger partial charge in [-0.1, -0.05) is 42.8 Å². The summed E-state index contributed by atoms with van der Waals surface area (Å²) in [5.74, 6) is 0.180.